The molecule has 0 bridgehead atoms. The van der Waals surface area contributed by atoms with Crippen LogP contribution in [0.3, 0.4) is 0 Å². The normalized spacial score (nSPS) is 12.0. The van der Waals surface area contributed by atoms with Gasteiger partial charge in [-0.2, -0.15) is 0 Å². The van der Waals surface area contributed by atoms with Gasteiger partial charge in [0.2, 0.25) is 0 Å². The van der Waals surface area contributed by atoms with Crippen LogP contribution < -0.4 is 0 Å². The molecule has 13 heavy (non-hydrogen) atoms. The molecule has 0 aliphatic carbocycles. The van der Waals surface area contributed by atoms with Crippen LogP contribution in [0.15, 0.2) is 28.7 Å². The molecule has 2 nitrogen and oxygen atoms in total. The fourth-order valence-corrected chi connectivity index (χ4v) is 1.59. The summed E-state index contributed by atoms with van der Waals surface area (Å²) in [5, 5.41) is 0. The van der Waals surface area contributed by atoms with Crippen molar-refractivity contribution >= 4 is 26.6 Å². The van der Waals surface area contributed by atoms with E-state index < -0.39 is 15.5 Å². The molecular formula is C9H11BrO2S. The van der Waals surface area contributed by atoms with Crippen molar-refractivity contribution in [3.05, 3.63) is 34.3 Å². The van der Waals surface area contributed by atoms with Gasteiger partial charge in [-0.15, -0.1) is 0 Å². The van der Waals surface area contributed by atoms with Crippen molar-refractivity contribution in [1.82, 2.24) is 0 Å². The van der Waals surface area contributed by atoms with E-state index in [0.29, 0.717) is 0 Å². The second-order valence-electron chi connectivity index (χ2n) is 3.32. The van der Waals surface area contributed by atoms with E-state index in [9.17, 15) is 8.42 Å². The summed E-state index contributed by atoms with van der Waals surface area (Å²) in [5.74, 6) is 0. The van der Waals surface area contributed by atoms with Crippen LogP contribution in [0, 0.1) is 0 Å². The first kappa shape index (κ1) is 10.7. The highest BCUT2D eigenvalue weighted by molar-refractivity contribution is 9.10. The third-order valence-corrected chi connectivity index (χ3v) is 3.71. The van der Waals surface area contributed by atoms with Crippen molar-refractivity contribution < 1.29 is 8.42 Å². The van der Waals surface area contributed by atoms with Crippen LogP contribution in [-0.4, -0.2) is 8.42 Å². The molecule has 1 aromatic carbocycles. The third-order valence-electron chi connectivity index (χ3n) is 2.01. The van der Waals surface area contributed by atoms with Crippen LogP contribution in [-0.2, 0) is 15.5 Å². The summed E-state index contributed by atoms with van der Waals surface area (Å²) < 4.78 is 22.0. The number of thiol groups is 1. The lowest BCUT2D eigenvalue weighted by Gasteiger charge is -2.17. The quantitative estimate of drug-likeness (QED) is 0.831. The van der Waals surface area contributed by atoms with Crippen LogP contribution in [0.5, 0.6) is 0 Å². The SMILES string of the molecule is CC(C)(c1ccc(Br)cc1)[SH](=O)=O. The summed E-state index contributed by atoms with van der Waals surface area (Å²) in [6.07, 6.45) is 0. The minimum Gasteiger partial charge on any atom is -0.231 e. The fourth-order valence-electron chi connectivity index (χ4n) is 0.963. The zero-order chi connectivity index (χ0) is 10.1. The molecule has 1 rings (SSSR count). The molecule has 0 amide bonds. The van der Waals surface area contributed by atoms with Gasteiger partial charge in [-0.05, 0) is 31.5 Å². The second-order valence-corrected chi connectivity index (χ2v) is 5.87. The Bertz CT molecular complexity index is 358. The van der Waals surface area contributed by atoms with E-state index in [1.54, 1.807) is 13.8 Å². The van der Waals surface area contributed by atoms with Gasteiger partial charge in [-0.25, -0.2) is 8.42 Å². The largest absolute Gasteiger partial charge is 0.231 e. The predicted molar refractivity (Wildman–Crippen MR) is 57.5 cm³/mol. The Balaban J connectivity index is 3.15. The monoisotopic (exact) mass is 262 g/mol. The molecule has 0 atom stereocenters. The zero-order valence-electron chi connectivity index (χ0n) is 7.45. The Kier molecular flexibility index (Phi) is 3.14. The van der Waals surface area contributed by atoms with Gasteiger partial charge in [0.05, 0.1) is 4.75 Å². The first-order chi connectivity index (χ1) is 5.94. The highest BCUT2D eigenvalue weighted by atomic mass is 79.9. The van der Waals surface area contributed by atoms with Crippen molar-refractivity contribution in [2.45, 2.75) is 18.6 Å². The van der Waals surface area contributed by atoms with Gasteiger partial charge < -0.3 is 0 Å². The number of hydrogen-bond acceptors (Lipinski definition) is 2. The Morgan fingerprint density at radius 1 is 1.15 bits per heavy atom. The lowest BCUT2D eigenvalue weighted by atomic mass is 10.0. The topological polar surface area (TPSA) is 34.1 Å². The van der Waals surface area contributed by atoms with E-state index in [1.807, 2.05) is 24.3 Å². The Hall–Kier alpha value is -0.350. The van der Waals surface area contributed by atoms with Crippen LogP contribution >= 0.6 is 15.9 Å². The Morgan fingerprint density at radius 2 is 1.62 bits per heavy atom. The van der Waals surface area contributed by atoms with E-state index in [1.165, 1.54) is 0 Å². The van der Waals surface area contributed by atoms with Gasteiger partial charge >= 0.3 is 0 Å². The van der Waals surface area contributed by atoms with Crippen molar-refractivity contribution in [3.63, 3.8) is 0 Å². The summed E-state index contributed by atoms with van der Waals surface area (Å²) in [6, 6.07) is 7.32. The average Bonchev–Trinajstić information content (AvgIpc) is 2.04. The number of benzene rings is 1. The molecule has 0 saturated carbocycles. The Morgan fingerprint density at radius 3 is 2.00 bits per heavy atom. The maximum atomic E-state index is 10.9. The summed E-state index contributed by atoms with van der Waals surface area (Å²) in [4.78, 5) is 0. The van der Waals surface area contributed by atoms with Gasteiger partial charge in [-0.1, -0.05) is 28.1 Å². The van der Waals surface area contributed by atoms with E-state index in [2.05, 4.69) is 15.9 Å². The summed E-state index contributed by atoms with van der Waals surface area (Å²) in [6.45, 7) is 3.39. The molecule has 0 N–H and O–H groups in total. The smallest absolute Gasteiger partial charge is 0.149 e. The summed E-state index contributed by atoms with van der Waals surface area (Å²) in [5.41, 5.74) is 0.812. The maximum absolute atomic E-state index is 10.9. The summed E-state index contributed by atoms with van der Waals surface area (Å²) >= 11 is 3.30. The minimum absolute atomic E-state index is 0.782. The number of halogens is 1. The van der Waals surface area contributed by atoms with Crippen LogP contribution in [0.2, 0.25) is 0 Å². The molecule has 4 heteroatoms. The van der Waals surface area contributed by atoms with Crippen LogP contribution in [0.25, 0.3) is 0 Å². The number of rotatable bonds is 2. The minimum atomic E-state index is -2.44. The van der Waals surface area contributed by atoms with Gasteiger partial charge in [-0.3, -0.25) is 0 Å². The molecule has 0 unspecified atom stereocenters. The molecule has 0 spiro atoms. The second kappa shape index (κ2) is 3.80. The van der Waals surface area contributed by atoms with Crippen molar-refractivity contribution in [1.29, 1.82) is 0 Å². The van der Waals surface area contributed by atoms with Crippen molar-refractivity contribution in [3.8, 4) is 0 Å². The average molecular weight is 263 g/mol. The third kappa shape index (κ3) is 2.31. The Labute approximate surface area is 88.1 Å². The summed E-state index contributed by atoms with van der Waals surface area (Å²) in [7, 11) is -2.44. The molecule has 0 fully saturated rings. The zero-order valence-corrected chi connectivity index (χ0v) is 9.93. The maximum Gasteiger partial charge on any atom is 0.149 e. The van der Waals surface area contributed by atoms with Gasteiger partial charge in [0.1, 0.15) is 10.7 Å². The van der Waals surface area contributed by atoms with Gasteiger partial charge in [0.25, 0.3) is 0 Å². The molecule has 0 aliphatic rings. The molecular weight excluding hydrogens is 252 g/mol. The molecule has 0 heterocycles. The highest BCUT2D eigenvalue weighted by Crippen LogP contribution is 2.25. The van der Waals surface area contributed by atoms with Crippen LogP contribution in [0.1, 0.15) is 19.4 Å². The van der Waals surface area contributed by atoms with E-state index in [0.717, 1.165) is 10.0 Å². The molecule has 1 aromatic rings. The highest BCUT2D eigenvalue weighted by Gasteiger charge is 2.23. The van der Waals surface area contributed by atoms with E-state index in [-0.39, 0.29) is 0 Å². The van der Waals surface area contributed by atoms with E-state index in [4.69, 9.17) is 0 Å². The first-order valence-electron chi connectivity index (χ1n) is 3.85. The standard InChI is InChI=1S/C9H11BrO2S/c1-9(2,13(11)12)7-3-5-8(10)6-4-7/h3-6,13H,1-2H3. The lowest BCUT2D eigenvalue weighted by Crippen LogP contribution is -2.18. The lowest BCUT2D eigenvalue weighted by molar-refractivity contribution is 0.576. The molecule has 72 valence electrons. The fraction of sp³-hybridized carbons (Fsp3) is 0.333. The van der Waals surface area contributed by atoms with Gasteiger partial charge in [0.15, 0.2) is 0 Å². The van der Waals surface area contributed by atoms with Crippen molar-refractivity contribution in [2.24, 2.45) is 0 Å². The van der Waals surface area contributed by atoms with Gasteiger partial charge in [0, 0.05) is 4.47 Å². The number of hydrogen-bond donors (Lipinski definition) is 1. The molecule has 0 radical (unpaired) electrons. The first-order valence-corrected chi connectivity index (χ1v) is 5.82. The molecule has 0 saturated heterocycles. The molecule has 0 aromatic heterocycles. The van der Waals surface area contributed by atoms with Crippen molar-refractivity contribution in [2.75, 3.05) is 0 Å². The predicted octanol–water partition coefficient (Wildman–Crippen LogP) is 2.30. The molecule has 0 aliphatic heterocycles. The van der Waals surface area contributed by atoms with Crippen LogP contribution in [0.4, 0.5) is 0 Å². The van der Waals surface area contributed by atoms with E-state index >= 15 is 0 Å².